The van der Waals surface area contributed by atoms with Gasteiger partial charge in [-0.25, -0.2) is 17.9 Å². The second-order valence-electron chi connectivity index (χ2n) is 3.56. The summed E-state index contributed by atoms with van der Waals surface area (Å²) in [6, 6.07) is 2.57. The summed E-state index contributed by atoms with van der Waals surface area (Å²) in [6.45, 7) is 3.93. The quantitative estimate of drug-likeness (QED) is 0.801. The van der Waals surface area contributed by atoms with Crippen LogP contribution in [0.3, 0.4) is 0 Å². The molecule has 0 amide bonds. The van der Waals surface area contributed by atoms with Crippen LogP contribution in [-0.4, -0.2) is 26.0 Å². The maximum Gasteiger partial charge on any atom is 0.345 e. The van der Waals surface area contributed by atoms with E-state index in [1.807, 2.05) is 13.8 Å². The van der Waals surface area contributed by atoms with Gasteiger partial charge < -0.3 is 5.11 Å². The van der Waals surface area contributed by atoms with Crippen LogP contribution < -0.4 is 4.72 Å². The predicted molar refractivity (Wildman–Crippen MR) is 65.9 cm³/mol. The molecule has 0 fully saturated rings. The fourth-order valence-corrected chi connectivity index (χ4v) is 3.16. The van der Waals surface area contributed by atoms with E-state index < -0.39 is 16.0 Å². The van der Waals surface area contributed by atoms with Gasteiger partial charge in [-0.2, -0.15) is 0 Å². The summed E-state index contributed by atoms with van der Waals surface area (Å²) in [4.78, 5) is 10.6. The van der Waals surface area contributed by atoms with E-state index in [0.717, 1.165) is 16.9 Å². The second-order valence-corrected chi connectivity index (χ2v) is 6.63. The summed E-state index contributed by atoms with van der Waals surface area (Å²) in [5.41, 5.74) is 1.00. The lowest BCUT2D eigenvalue weighted by atomic mass is 10.3. The molecule has 0 aromatic carbocycles. The van der Waals surface area contributed by atoms with Crippen molar-refractivity contribution in [1.82, 2.24) is 4.72 Å². The van der Waals surface area contributed by atoms with Gasteiger partial charge in [0, 0.05) is 6.54 Å². The van der Waals surface area contributed by atoms with Gasteiger partial charge >= 0.3 is 5.97 Å². The van der Waals surface area contributed by atoms with Gasteiger partial charge in [0.25, 0.3) is 0 Å². The predicted octanol–water partition coefficient (Wildman–Crippen LogP) is 1.69. The fourth-order valence-electron chi connectivity index (χ4n) is 1.01. The van der Waals surface area contributed by atoms with Crippen molar-refractivity contribution < 1.29 is 18.3 Å². The van der Waals surface area contributed by atoms with Gasteiger partial charge in [0.2, 0.25) is 10.0 Å². The molecule has 7 heteroatoms. The van der Waals surface area contributed by atoms with Gasteiger partial charge in [-0.1, -0.05) is 11.6 Å². The van der Waals surface area contributed by atoms with E-state index in [2.05, 4.69) is 4.72 Å². The summed E-state index contributed by atoms with van der Waals surface area (Å²) in [7, 11) is -3.61. The molecule has 0 aliphatic carbocycles. The molecule has 17 heavy (non-hydrogen) atoms. The van der Waals surface area contributed by atoms with Crippen LogP contribution >= 0.6 is 11.3 Å². The van der Waals surface area contributed by atoms with Crippen LogP contribution in [0.5, 0.6) is 0 Å². The first kappa shape index (κ1) is 13.9. The molecule has 0 radical (unpaired) electrons. The number of sulfonamides is 1. The number of allylic oxidation sites excluding steroid dienone is 1. The zero-order valence-corrected chi connectivity index (χ0v) is 11.1. The molecule has 94 valence electrons. The topological polar surface area (TPSA) is 83.5 Å². The standard InChI is InChI=1S/C10H13NO4S2/c1-7(2)5-6-11-17(14,15)9-4-3-8(16-9)10(12)13/h3-5,11H,6H2,1-2H3,(H,12,13). The Bertz CT molecular complexity index is 538. The van der Waals surface area contributed by atoms with E-state index in [1.165, 1.54) is 12.1 Å². The first-order valence-electron chi connectivity index (χ1n) is 4.79. The lowest BCUT2D eigenvalue weighted by Gasteiger charge is -2.01. The minimum atomic E-state index is -3.61. The van der Waals surface area contributed by atoms with Crippen molar-refractivity contribution in [1.29, 1.82) is 0 Å². The van der Waals surface area contributed by atoms with Gasteiger partial charge in [0.05, 0.1) is 0 Å². The number of carboxylic acids is 1. The SMILES string of the molecule is CC(C)=CCNS(=O)(=O)c1ccc(C(=O)O)s1. The summed E-state index contributed by atoms with van der Waals surface area (Å²) < 4.78 is 25.8. The van der Waals surface area contributed by atoms with Crippen molar-refractivity contribution in [3.8, 4) is 0 Å². The minimum absolute atomic E-state index is 0.00703. The molecule has 2 N–H and O–H groups in total. The van der Waals surface area contributed by atoms with Gasteiger partial charge in [-0.05, 0) is 26.0 Å². The Morgan fingerprint density at radius 2 is 2.12 bits per heavy atom. The van der Waals surface area contributed by atoms with Crippen molar-refractivity contribution in [2.45, 2.75) is 18.1 Å². The third-order valence-electron chi connectivity index (χ3n) is 1.84. The molecule has 0 saturated carbocycles. The molecule has 0 aliphatic rings. The number of aromatic carboxylic acids is 1. The Morgan fingerprint density at radius 1 is 1.47 bits per heavy atom. The molecule has 1 aromatic heterocycles. The lowest BCUT2D eigenvalue weighted by Crippen LogP contribution is -2.23. The highest BCUT2D eigenvalue weighted by Gasteiger charge is 2.17. The van der Waals surface area contributed by atoms with Crippen molar-refractivity contribution in [3.05, 3.63) is 28.7 Å². The maximum absolute atomic E-state index is 11.7. The van der Waals surface area contributed by atoms with Crippen LogP contribution in [-0.2, 0) is 10.0 Å². The average Bonchev–Trinajstić information content (AvgIpc) is 2.65. The van der Waals surface area contributed by atoms with Crippen molar-refractivity contribution in [2.24, 2.45) is 0 Å². The zero-order valence-electron chi connectivity index (χ0n) is 9.43. The van der Waals surface area contributed by atoms with Crippen LogP contribution in [0.2, 0.25) is 0 Å². The van der Waals surface area contributed by atoms with Crippen molar-refractivity contribution in [2.75, 3.05) is 6.54 Å². The van der Waals surface area contributed by atoms with Crippen molar-refractivity contribution >= 4 is 27.3 Å². The van der Waals surface area contributed by atoms with Crippen LogP contribution in [0, 0.1) is 0 Å². The molecule has 0 unspecified atom stereocenters. The van der Waals surface area contributed by atoms with Gasteiger partial charge in [-0.3, -0.25) is 0 Å². The van der Waals surface area contributed by atoms with E-state index >= 15 is 0 Å². The number of rotatable bonds is 5. The van der Waals surface area contributed by atoms with Crippen LogP contribution in [0.1, 0.15) is 23.5 Å². The highest BCUT2D eigenvalue weighted by molar-refractivity contribution is 7.91. The average molecular weight is 275 g/mol. The number of hydrogen-bond donors (Lipinski definition) is 2. The summed E-state index contributed by atoms with van der Waals surface area (Å²) in [5.74, 6) is -1.12. The number of nitrogens with one attached hydrogen (secondary N) is 1. The van der Waals surface area contributed by atoms with Gasteiger partial charge in [-0.15, -0.1) is 11.3 Å². The number of carbonyl (C=O) groups is 1. The lowest BCUT2D eigenvalue weighted by molar-refractivity contribution is 0.0702. The first-order valence-corrected chi connectivity index (χ1v) is 7.09. The van der Waals surface area contributed by atoms with E-state index in [0.29, 0.717) is 0 Å². The first-order chi connectivity index (χ1) is 7.83. The summed E-state index contributed by atoms with van der Waals surface area (Å²) in [6.07, 6.45) is 1.74. The van der Waals surface area contributed by atoms with E-state index in [4.69, 9.17) is 5.11 Å². The minimum Gasteiger partial charge on any atom is -0.477 e. The molecule has 1 heterocycles. The Balaban J connectivity index is 2.82. The van der Waals surface area contributed by atoms with Gasteiger partial charge in [0.1, 0.15) is 9.09 Å². The Kier molecular flexibility index (Phi) is 4.44. The molecule has 0 spiro atoms. The Morgan fingerprint density at radius 3 is 2.59 bits per heavy atom. The molecule has 0 atom stereocenters. The highest BCUT2D eigenvalue weighted by Crippen LogP contribution is 2.21. The smallest absolute Gasteiger partial charge is 0.345 e. The van der Waals surface area contributed by atoms with Crippen LogP contribution in [0.4, 0.5) is 0 Å². The molecule has 5 nitrogen and oxygen atoms in total. The molecule has 0 bridgehead atoms. The number of carboxylic acid groups (broad SMARTS) is 1. The Labute approximate surface area is 104 Å². The zero-order chi connectivity index (χ0) is 13.1. The monoisotopic (exact) mass is 275 g/mol. The molecular weight excluding hydrogens is 262 g/mol. The van der Waals surface area contributed by atoms with E-state index in [9.17, 15) is 13.2 Å². The highest BCUT2D eigenvalue weighted by atomic mass is 32.2. The van der Waals surface area contributed by atoms with E-state index in [1.54, 1.807) is 6.08 Å². The molecule has 0 aliphatic heterocycles. The molecular formula is C10H13NO4S2. The van der Waals surface area contributed by atoms with E-state index in [-0.39, 0.29) is 15.6 Å². The molecule has 0 saturated heterocycles. The normalized spacial score (nSPS) is 11.2. The Hall–Kier alpha value is -1.18. The largest absolute Gasteiger partial charge is 0.477 e. The number of thiophene rings is 1. The summed E-state index contributed by atoms with van der Waals surface area (Å²) >= 11 is 0.736. The third-order valence-corrected chi connectivity index (χ3v) is 4.83. The number of hydrogen-bond acceptors (Lipinski definition) is 4. The fraction of sp³-hybridized carbons (Fsp3) is 0.300. The maximum atomic E-state index is 11.7. The van der Waals surface area contributed by atoms with Crippen LogP contribution in [0.25, 0.3) is 0 Å². The molecule has 1 aromatic rings. The van der Waals surface area contributed by atoms with Crippen LogP contribution in [0.15, 0.2) is 28.0 Å². The van der Waals surface area contributed by atoms with Crippen molar-refractivity contribution in [3.63, 3.8) is 0 Å². The molecule has 1 rings (SSSR count). The third kappa shape index (κ3) is 3.95. The van der Waals surface area contributed by atoms with Gasteiger partial charge in [0.15, 0.2) is 0 Å². The summed E-state index contributed by atoms with van der Waals surface area (Å²) in [5, 5.41) is 8.70. The second kappa shape index (κ2) is 5.44.